The van der Waals surface area contributed by atoms with Crippen molar-refractivity contribution in [1.82, 2.24) is 0 Å². The zero-order chi connectivity index (χ0) is 28.6. The molecule has 0 saturated carbocycles. The quantitative estimate of drug-likeness (QED) is 0.219. The van der Waals surface area contributed by atoms with E-state index in [0.29, 0.717) is 52.1 Å². The van der Waals surface area contributed by atoms with Gasteiger partial charge in [0.1, 0.15) is 0 Å². The topological polar surface area (TPSA) is 66.4 Å². The third kappa shape index (κ3) is 9.21. The predicted molar refractivity (Wildman–Crippen MR) is 160 cm³/mol. The van der Waals surface area contributed by atoms with E-state index in [9.17, 15) is 5.11 Å². The fourth-order valence-corrected chi connectivity index (χ4v) is 6.84. The average Bonchev–Trinajstić information content (AvgIpc) is 2.89. The summed E-state index contributed by atoms with van der Waals surface area (Å²) in [7, 11) is -2.00. The van der Waals surface area contributed by atoms with Crippen LogP contribution in [0.5, 0.6) is 0 Å². The van der Waals surface area contributed by atoms with E-state index in [1.807, 2.05) is 36.4 Å². The van der Waals surface area contributed by atoms with E-state index in [2.05, 4.69) is 58.1 Å². The first-order chi connectivity index (χ1) is 19.0. The summed E-state index contributed by atoms with van der Waals surface area (Å²) in [5.74, 6) is -0.850. The van der Waals surface area contributed by atoms with Crippen molar-refractivity contribution in [1.29, 1.82) is 0 Å². The van der Waals surface area contributed by atoms with Gasteiger partial charge in [-0.1, -0.05) is 81.4 Å². The van der Waals surface area contributed by atoms with Crippen molar-refractivity contribution in [2.45, 2.75) is 121 Å². The molecular weight excluding hydrogens is 520 g/mol. The van der Waals surface area contributed by atoms with Gasteiger partial charge in [-0.05, 0) is 54.9 Å². The Bertz CT molecular complexity index is 1010. The molecule has 2 aromatic carbocycles. The van der Waals surface area contributed by atoms with Crippen LogP contribution in [0.25, 0.3) is 0 Å². The highest BCUT2D eigenvalue weighted by Crippen LogP contribution is 2.45. The summed E-state index contributed by atoms with van der Waals surface area (Å²) in [6, 6.07) is 20.4. The minimum atomic E-state index is -2.00. The predicted octanol–water partition coefficient (Wildman–Crippen LogP) is 7.01. The molecule has 2 fully saturated rings. The number of hydrogen-bond acceptors (Lipinski definition) is 6. The minimum Gasteiger partial charge on any atom is -0.414 e. The molecule has 0 bridgehead atoms. The Kier molecular flexibility index (Phi) is 11.0. The maximum Gasteiger partial charge on any atom is 0.192 e. The van der Waals surface area contributed by atoms with Crippen LogP contribution < -0.4 is 0 Å². The van der Waals surface area contributed by atoms with Crippen molar-refractivity contribution >= 4 is 8.32 Å². The number of ether oxygens (including phenoxy) is 4. The maximum absolute atomic E-state index is 10.9. The zero-order valence-corrected chi connectivity index (χ0v) is 26.1. The van der Waals surface area contributed by atoms with E-state index in [-0.39, 0.29) is 23.4 Å². The lowest BCUT2D eigenvalue weighted by atomic mass is 9.88. The van der Waals surface area contributed by atoms with Crippen LogP contribution in [0.4, 0.5) is 0 Å². The van der Waals surface area contributed by atoms with Crippen LogP contribution in [0.1, 0.15) is 70.4 Å². The maximum atomic E-state index is 10.9. The van der Waals surface area contributed by atoms with Crippen molar-refractivity contribution in [3.8, 4) is 0 Å². The Hall–Kier alpha value is -1.58. The normalized spacial score (nSPS) is 27.6. The Labute approximate surface area is 242 Å². The highest BCUT2D eigenvalue weighted by atomic mass is 28.4. The Balaban J connectivity index is 1.38. The number of aliphatic hydroxyl groups excluding tert-OH is 1. The molecule has 1 spiro atoms. The second kappa shape index (κ2) is 14.1. The molecule has 5 atom stereocenters. The monoisotopic (exact) mass is 570 g/mol. The Morgan fingerprint density at radius 3 is 1.80 bits per heavy atom. The largest absolute Gasteiger partial charge is 0.414 e. The summed E-state index contributed by atoms with van der Waals surface area (Å²) in [5.41, 5.74) is 2.32. The SMILES string of the molecule is CC(C)(C)[Si](C)(C)O[C@H]1CC(CCOCc2ccccc2)O[C@]2(C[C@@H](O)CC(CCOCc3ccccc3)O2)C1. The number of rotatable bonds is 12. The van der Waals surface area contributed by atoms with Crippen LogP contribution in [0, 0.1) is 0 Å². The van der Waals surface area contributed by atoms with Crippen LogP contribution in [0.15, 0.2) is 60.7 Å². The molecule has 6 nitrogen and oxygen atoms in total. The summed E-state index contributed by atoms with van der Waals surface area (Å²) in [5, 5.41) is 11.1. The van der Waals surface area contributed by atoms with E-state index in [1.54, 1.807) is 0 Å². The van der Waals surface area contributed by atoms with Crippen LogP contribution in [-0.2, 0) is 36.6 Å². The number of benzene rings is 2. The molecule has 2 aromatic rings. The molecule has 2 unspecified atom stereocenters. The van der Waals surface area contributed by atoms with Gasteiger partial charge in [0, 0.05) is 26.1 Å². The first kappa shape index (κ1) is 31.4. The van der Waals surface area contributed by atoms with Crippen LogP contribution in [0.2, 0.25) is 18.1 Å². The smallest absolute Gasteiger partial charge is 0.192 e. The van der Waals surface area contributed by atoms with Crippen molar-refractivity contribution in [2.24, 2.45) is 0 Å². The van der Waals surface area contributed by atoms with E-state index in [4.69, 9.17) is 23.4 Å². The molecule has 1 N–H and O–H groups in total. The van der Waals surface area contributed by atoms with Gasteiger partial charge in [0.15, 0.2) is 14.1 Å². The molecule has 2 aliphatic heterocycles. The first-order valence-corrected chi connectivity index (χ1v) is 17.9. The van der Waals surface area contributed by atoms with Gasteiger partial charge >= 0.3 is 0 Å². The fraction of sp³-hybridized carbons (Fsp3) is 0.636. The average molecular weight is 571 g/mol. The number of aliphatic hydroxyl groups is 1. The summed E-state index contributed by atoms with van der Waals surface area (Å²) >= 11 is 0. The van der Waals surface area contributed by atoms with Gasteiger partial charge in [0.2, 0.25) is 0 Å². The second-order valence-corrected chi connectivity index (χ2v) is 17.8. The minimum absolute atomic E-state index is 0.0223. The summed E-state index contributed by atoms with van der Waals surface area (Å²) in [4.78, 5) is 0. The second-order valence-electron chi connectivity index (χ2n) is 13.1. The Morgan fingerprint density at radius 2 is 1.30 bits per heavy atom. The molecule has 7 heteroatoms. The van der Waals surface area contributed by atoms with Gasteiger partial charge in [-0.15, -0.1) is 0 Å². The molecule has 0 radical (unpaired) electrons. The molecule has 0 amide bonds. The van der Waals surface area contributed by atoms with E-state index in [0.717, 1.165) is 18.4 Å². The van der Waals surface area contributed by atoms with Gasteiger partial charge in [-0.3, -0.25) is 0 Å². The van der Waals surface area contributed by atoms with E-state index >= 15 is 0 Å². The number of hydrogen-bond donors (Lipinski definition) is 1. The van der Waals surface area contributed by atoms with Gasteiger partial charge in [-0.2, -0.15) is 0 Å². The lowest BCUT2D eigenvalue weighted by Gasteiger charge is -2.51. The lowest BCUT2D eigenvalue weighted by molar-refractivity contribution is -0.339. The standard InChI is InChI=1S/C33H50O6Si/c1-32(2,3)40(4,5)39-31-21-30(17-19-36-25-27-14-10-7-11-15-27)38-33(23-31)22-28(34)20-29(37-33)16-18-35-24-26-12-8-6-9-13-26/h6-15,28-31,34H,16-25H2,1-5H3/t28-,29?,30?,31-,33+/m0/s1. The lowest BCUT2D eigenvalue weighted by Crippen LogP contribution is -2.57. The van der Waals surface area contributed by atoms with Gasteiger partial charge in [0.25, 0.3) is 0 Å². The molecule has 2 saturated heterocycles. The van der Waals surface area contributed by atoms with Crippen LogP contribution in [0.3, 0.4) is 0 Å². The van der Waals surface area contributed by atoms with Crippen LogP contribution in [-0.4, -0.2) is 56.8 Å². The van der Waals surface area contributed by atoms with Crippen molar-refractivity contribution in [2.75, 3.05) is 13.2 Å². The highest BCUT2D eigenvalue weighted by molar-refractivity contribution is 6.74. The Morgan fingerprint density at radius 1 is 0.800 bits per heavy atom. The van der Waals surface area contributed by atoms with E-state index in [1.165, 1.54) is 5.56 Å². The summed E-state index contributed by atoms with van der Waals surface area (Å²) < 4.78 is 32.3. The molecule has 222 valence electrons. The summed E-state index contributed by atoms with van der Waals surface area (Å²) in [6.07, 6.45) is 3.35. The third-order valence-corrected chi connectivity index (χ3v) is 13.1. The van der Waals surface area contributed by atoms with E-state index < -0.39 is 20.2 Å². The molecule has 0 aromatic heterocycles. The molecule has 4 rings (SSSR count). The molecule has 40 heavy (non-hydrogen) atoms. The zero-order valence-electron chi connectivity index (χ0n) is 25.1. The highest BCUT2D eigenvalue weighted by Gasteiger charge is 2.50. The summed E-state index contributed by atoms with van der Waals surface area (Å²) in [6.45, 7) is 13.8. The molecule has 0 aliphatic carbocycles. The molecule has 2 heterocycles. The van der Waals surface area contributed by atoms with Gasteiger partial charge in [0.05, 0.1) is 37.6 Å². The molecule has 2 aliphatic rings. The van der Waals surface area contributed by atoms with Crippen LogP contribution >= 0.6 is 0 Å². The van der Waals surface area contributed by atoms with Crippen molar-refractivity contribution < 1.29 is 28.5 Å². The molecular formula is C33H50O6Si. The third-order valence-electron chi connectivity index (χ3n) is 8.57. The van der Waals surface area contributed by atoms with Crippen molar-refractivity contribution in [3.63, 3.8) is 0 Å². The van der Waals surface area contributed by atoms with Gasteiger partial charge < -0.3 is 28.5 Å². The fourth-order valence-electron chi connectivity index (χ4n) is 5.47. The van der Waals surface area contributed by atoms with Crippen molar-refractivity contribution in [3.05, 3.63) is 71.8 Å². The first-order valence-electron chi connectivity index (χ1n) is 15.0. The van der Waals surface area contributed by atoms with Gasteiger partial charge in [-0.25, -0.2) is 0 Å².